The summed E-state index contributed by atoms with van der Waals surface area (Å²) in [7, 11) is 0. The van der Waals surface area contributed by atoms with E-state index in [-0.39, 0.29) is 24.1 Å². The first-order chi connectivity index (χ1) is 14.9. The molecule has 1 aliphatic heterocycles. The number of esters is 1. The van der Waals surface area contributed by atoms with Crippen LogP contribution in [0.1, 0.15) is 25.5 Å². The van der Waals surface area contributed by atoms with E-state index in [0.717, 1.165) is 0 Å². The average Bonchev–Trinajstić information content (AvgIpc) is 2.74. The second kappa shape index (κ2) is 10.5. The number of allylic oxidation sites excluding steroid dienone is 1. The minimum Gasteiger partial charge on any atom is -0.463 e. The summed E-state index contributed by atoms with van der Waals surface area (Å²) in [5.41, 5.74) is 2.08. The average molecular weight is 462 g/mol. The van der Waals surface area contributed by atoms with Crippen LogP contribution in [0.15, 0.2) is 64.8 Å². The van der Waals surface area contributed by atoms with E-state index >= 15 is 0 Å². The molecule has 1 atom stereocenters. The number of anilines is 1. The molecule has 1 amide bonds. The largest absolute Gasteiger partial charge is 0.463 e. The maximum atomic E-state index is 13.4. The molecule has 1 aliphatic rings. The van der Waals surface area contributed by atoms with Gasteiger partial charge in [-0.2, -0.15) is 0 Å². The number of rotatable bonds is 6. The predicted octanol–water partition coefficient (Wildman–Crippen LogP) is 4.69. The van der Waals surface area contributed by atoms with Crippen LogP contribution in [0.5, 0.6) is 0 Å². The van der Waals surface area contributed by atoms with E-state index in [1.54, 1.807) is 50.2 Å². The number of para-hydroxylation sites is 1. The van der Waals surface area contributed by atoms with Crippen LogP contribution in [0.2, 0.25) is 5.02 Å². The van der Waals surface area contributed by atoms with Gasteiger partial charge in [-0.05, 0) is 43.7 Å². The number of hydrogen-bond acceptors (Lipinski definition) is 6. The standard InChI is InChI=1S/C22H21ClFN3O3S/c1-3-30-21(29)19-13(2)25-22(27-20(19)14-8-10-15(24)11-9-14)31-12-18(28)26-17-7-5-4-6-16(17)23/h4-11,20H,3,12H2,1-2H3,(H,25,27)(H,26,28)/t20-/m1/s1. The number of nitrogens with zero attached hydrogens (tertiary/aromatic N) is 1. The number of thioether (sulfide) groups is 1. The lowest BCUT2D eigenvalue weighted by atomic mass is 9.96. The van der Waals surface area contributed by atoms with Gasteiger partial charge in [0.2, 0.25) is 5.91 Å². The smallest absolute Gasteiger partial charge is 0.338 e. The number of nitrogens with one attached hydrogen (secondary N) is 2. The van der Waals surface area contributed by atoms with Crippen molar-refractivity contribution in [1.29, 1.82) is 0 Å². The number of carbonyl (C=O) groups excluding carboxylic acids is 2. The van der Waals surface area contributed by atoms with E-state index in [1.165, 1.54) is 23.9 Å². The van der Waals surface area contributed by atoms with Crippen molar-refractivity contribution in [3.05, 3.63) is 76.2 Å². The maximum Gasteiger partial charge on any atom is 0.338 e. The van der Waals surface area contributed by atoms with Gasteiger partial charge in [0.15, 0.2) is 5.17 Å². The summed E-state index contributed by atoms with van der Waals surface area (Å²) in [6.45, 7) is 3.68. The molecule has 0 unspecified atom stereocenters. The number of aliphatic imine (C=N–C) groups is 1. The van der Waals surface area contributed by atoms with Gasteiger partial charge in [-0.3, -0.25) is 4.79 Å². The van der Waals surface area contributed by atoms with E-state index in [2.05, 4.69) is 15.6 Å². The van der Waals surface area contributed by atoms with Gasteiger partial charge in [0, 0.05) is 5.70 Å². The van der Waals surface area contributed by atoms with Crippen molar-refractivity contribution in [2.24, 2.45) is 4.99 Å². The molecule has 0 saturated heterocycles. The zero-order valence-corrected chi connectivity index (χ0v) is 18.5. The van der Waals surface area contributed by atoms with Crippen molar-refractivity contribution in [3.8, 4) is 0 Å². The summed E-state index contributed by atoms with van der Waals surface area (Å²) in [4.78, 5) is 29.4. The van der Waals surface area contributed by atoms with Gasteiger partial charge < -0.3 is 15.4 Å². The number of amidine groups is 1. The minimum absolute atomic E-state index is 0.0786. The van der Waals surface area contributed by atoms with Crippen molar-refractivity contribution in [2.75, 3.05) is 17.7 Å². The molecular weight excluding hydrogens is 441 g/mol. The Morgan fingerprint density at radius 1 is 1.23 bits per heavy atom. The Bertz CT molecular complexity index is 1040. The van der Waals surface area contributed by atoms with Gasteiger partial charge >= 0.3 is 5.97 Å². The van der Waals surface area contributed by atoms with Crippen LogP contribution in [0.3, 0.4) is 0 Å². The number of amides is 1. The van der Waals surface area contributed by atoms with Gasteiger partial charge in [0.05, 0.1) is 28.6 Å². The van der Waals surface area contributed by atoms with E-state index in [0.29, 0.717) is 32.7 Å². The van der Waals surface area contributed by atoms with Crippen molar-refractivity contribution in [1.82, 2.24) is 5.32 Å². The first-order valence-electron chi connectivity index (χ1n) is 9.54. The second-order valence-corrected chi connectivity index (χ2v) is 7.96. The normalized spacial score (nSPS) is 15.7. The molecule has 0 saturated carbocycles. The van der Waals surface area contributed by atoms with E-state index in [9.17, 15) is 14.0 Å². The Balaban J connectivity index is 1.77. The Morgan fingerprint density at radius 2 is 1.94 bits per heavy atom. The Labute approximate surface area is 188 Å². The quantitative estimate of drug-likeness (QED) is 0.610. The van der Waals surface area contributed by atoms with Crippen LogP contribution in [0, 0.1) is 5.82 Å². The summed E-state index contributed by atoms with van der Waals surface area (Å²) >= 11 is 7.26. The highest BCUT2D eigenvalue weighted by Crippen LogP contribution is 2.33. The molecule has 0 radical (unpaired) electrons. The van der Waals surface area contributed by atoms with Crippen molar-refractivity contribution in [2.45, 2.75) is 19.9 Å². The molecule has 0 spiro atoms. The second-order valence-electron chi connectivity index (χ2n) is 6.59. The van der Waals surface area contributed by atoms with Gasteiger partial charge in [0.25, 0.3) is 0 Å². The zero-order chi connectivity index (χ0) is 22.4. The number of carbonyl (C=O) groups is 2. The molecule has 9 heteroatoms. The summed E-state index contributed by atoms with van der Waals surface area (Å²) in [5.74, 6) is -1.05. The molecule has 162 valence electrons. The molecule has 6 nitrogen and oxygen atoms in total. The van der Waals surface area contributed by atoms with Crippen LogP contribution >= 0.6 is 23.4 Å². The Hall–Kier alpha value is -2.84. The van der Waals surface area contributed by atoms with Gasteiger partial charge in [-0.1, -0.05) is 47.6 Å². The number of benzene rings is 2. The van der Waals surface area contributed by atoms with Gasteiger partial charge in [-0.25, -0.2) is 14.2 Å². The predicted molar refractivity (Wildman–Crippen MR) is 122 cm³/mol. The maximum absolute atomic E-state index is 13.4. The molecule has 0 aromatic heterocycles. The zero-order valence-electron chi connectivity index (χ0n) is 16.9. The molecule has 1 heterocycles. The van der Waals surface area contributed by atoms with Gasteiger partial charge in [0.1, 0.15) is 11.9 Å². The molecule has 0 bridgehead atoms. The highest BCUT2D eigenvalue weighted by molar-refractivity contribution is 8.14. The monoisotopic (exact) mass is 461 g/mol. The van der Waals surface area contributed by atoms with E-state index < -0.39 is 12.0 Å². The third kappa shape index (κ3) is 5.86. The first-order valence-corrected chi connectivity index (χ1v) is 10.9. The summed E-state index contributed by atoms with van der Waals surface area (Å²) in [6.07, 6.45) is 0. The molecule has 0 aliphatic carbocycles. The summed E-state index contributed by atoms with van der Waals surface area (Å²) in [5, 5.41) is 6.72. The highest BCUT2D eigenvalue weighted by Gasteiger charge is 2.30. The van der Waals surface area contributed by atoms with Crippen molar-refractivity contribution >= 4 is 46.1 Å². The molecular formula is C22H21ClFN3O3S. The van der Waals surface area contributed by atoms with Crippen LogP contribution in [-0.4, -0.2) is 29.4 Å². The molecule has 3 rings (SSSR count). The third-order valence-electron chi connectivity index (χ3n) is 4.39. The van der Waals surface area contributed by atoms with Crippen molar-refractivity contribution in [3.63, 3.8) is 0 Å². The fraction of sp³-hybridized carbons (Fsp3) is 0.227. The number of ether oxygens (including phenoxy) is 1. The Morgan fingerprint density at radius 3 is 2.61 bits per heavy atom. The van der Waals surface area contributed by atoms with Gasteiger partial charge in [-0.15, -0.1) is 0 Å². The lowest BCUT2D eigenvalue weighted by Crippen LogP contribution is -2.31. The molecule has 2 aromatic rings. The SMILES string of the molecule is CCOC(=O)C1=C(C)NC(SCC(=O)Nc2ccccc2Cl)=N[C@@H]1c1ccc(F)cc1. The minimum atomic E-state index is -0.671. The number of hydrogen-bond donors (Lipinski definition) is 2. The number of halogens is 2. The van der Waals surface area contributed by atoms with E-state index in [1.807, 2.05) is 0 Å². The molecule has 31 heavy (non-hydrogen) atoms. The van der Waals surface area contributed by atoms with E-state index in [4.69, 9.17) is 16.3 Å². The van der Waals surface area contributed by atoms with Crippen LogP contribution in [0.25, 0.3) is 0 Å². The fourth-order valence-corrected chi connectivity index (χ4v) is 3.89. The molecule has 0 fully saturated rings. The summed E-state index contributed by atoms with van der Waals surface area (Å²) < 4.78 is 18.6. The topological polar surface area (TPSA) is 79.8 Å². The molecule has 2 N–H and O–H groups in total. The van der Waals surface area contributed by atoms with Crippen LogP contribution < -0.4 is 10.6 Å². The first kappa shape index (κ1) is 22.8. The molecule has 2 aromatic carbocycles. The third-order valence-corrected chi connectivity index (χ3v) is 5.60. The lowest BCUT2D eigenvalue weighted by Gasteiger charge is -2.25. The van der Waals surface area contributed by atoms with Crippen molar-refractivity contribution < 1.29 is 18.7 Å². The van der Waals surface area contributed by atoms with Crippen LogP contribution in [0.4, 0.5) is 10.1 Å². The van der Waals surface area contributed by atoms with Crippen LogP contribution in [-0.2, 0) is 14.3 Å². The lowest BCUT2D eigenvalue weighted by molar-refractivity contribution is -0.139. The Kier molecular flexibility index (Phi) is 7.70. The highest BCUT2D eigenvalue weighted by atomic mass is 35.5. The fourth-order valence-electron chi connectivity index (χ4n) is 2.96. The summed E-state index contributed by atoms with van der Waals surface area (Å²) in [6, 6.07) is 12.1.